The number of carbonyl (C=O) groups excluding carboxylic acids is 2. The maximum atomic E-state index is 12.1. The van der Waals surface area contributed by atoms with Crippen LogP contribution in [0.4, 0.5) is 5.69 Å². The van der Waals surface area contributed by atoms with Gasteiger partial charge in [0.05, 0.1) is 11.5 Å². The molecule has 2 aromatic rings. The third-order valence-electron chi connectivity index (χ3n) is 2.74. The summed E-state index contributed by atoms with van der Waals surface area (Å²) in [4.78, 5) is 23.1. The van der Waals surface area contributed by atoms with E-state index in [1.807, 2.05) is 0 Å². The Kier molecular flexibility index (Phi) is 5.24. The molecule has 0 aliphatic rings. The molecule has 112 valence electrons. The van der Waals surface area contributed by atoms with Crippen LogP contribution in [0.25, 0.3) is 0 Å². The third kappa shape index (κ3) is 3.90. The van der Waals surface area contributed by atoms with Crippen LogP contribution >= 0.6 is 28.1 Å². The number of hydrogen-bond acceptors (Lipinski definition) is 4. The molecule has 0 saturated carbocycles. The number of carbonyl (C=O) groups is 2. The third-order valence-corrected chi connectivity index (χ3v) is 3.64. The Morgan fingerprint density at radius 3 is 2.23 bits per heavy atom. The summed E-state index contributed by atoms with van der Waals surface area (Å²) in [6, 6.07) is 13.0. The Bertz CT molecular complexity index is 749. The lowest BCUT2D eigenvalue weighted by Crippen LogP contribution is -2.35. The first-order valence-corrected chi connectivity index (χ1v) is 7.36. The molecule has 0 heterocycles. The van der Waals surface area contributed by atoms with Crippen molar-refractivity contribution in [2.75, 3.05) is 5.32 Å². The van der Waals surface area contributed by atoms with Crippen LogP contribution in [-0.4, -0.2) is 17.0 Å². The van der Waals surface area contributed by atoms with Gasteiger partial charge in [0.1, 0.15) is 0 Å². The smallest absolute Gasteiger partial charge is 0.258 e. The monoisotopic (exact) mass is 377 g/mol. The predicted molar refractivity (Wildman–Crippen MR) is 88.6 cm³/mol. The number of para-hydroxylation sites is 1. The Hall–Kier alpha value is -2.25. The van der Waals surface area contributed by atoms with Gasteiger partial charge in [-0.25, -0.2) is 0 Å². The second-order valence-corrected chi connectivity index (χ2v) is 5.48. The second kappa shape index (κ2) is 7.15. The number of aromatic carboxylic acids is 1. The van der Waals surface area contributed by atoms with E-state index in [1.165, 1.54) is 12.1 Å². The van der Waals surface area contributed by atoms with Gasteiger partial charge >= 0.3 is 0 Å². The minimum absolute atomic E-state index is 0.00514. The number of amides is 1. The number of nitrogens with one attached hydrogen (secondary N) is 2. The van der Waals surface area contributed by atoms with Gasteiger partial charge in [0.25, 0.3) is 5.91 Å². The molecular weight excluding hydrogens is 368 g/mol. The van der Waals surface area contributed by atoms with E-state index in [0.717, 1.165) is 0 Å². The molecule has 0 aliphatic carbocycles. The number of hydrogen-bond donors (Lipinski definition) is 2. The van der Waals surface area contributed by atoms with Crippen LogP contribution in [0, 0.1) is 0 Å². The SMILES string of the molecule is O=C(NC(=S)Nc1ccccc1C(=O)[O-])c1ccccc1Br. The summed E-state index contributed by atoms with van der Waals surface area (Å²) in [5, 5.41) is 16.2. The molecule has 7 heteroatoms. The summed E-state index contributed by atoms with van der Waals surface area (Å²) in [6.45, 7) is 0. The fourth-order valence-corrected chi connectivity index (χ4v) is 2.41. The van der Waals surface area contributed by atoms with E-state index in [9.17, 15) is 14.7 Å². The first-order valence-electron chi connectivity index (χ1n) is 6.16. The summed E-state index contributed by atoms with van der Waals surface area (Å²) in [5.74, 6) is -1.74. The Morgan fingerprint density at radius 2 is 1.59 bits per heavy atom. The van der Waals surface area contributed by atoms with Crippen LogP contribution in [0.2, 0.25) is 0 Å². The van der Waals surface area contributed by atoms with Crippen molar-refractivity contribution >= 4 is 50.8 Å². The van der Waals surface area contributed by atoms with Crippen LogP contribution < -0.4 is 15.7 Å². The van der Waals surface area contributed by atoms with E-state index in [2.05, 4.69) is 26.6 Å². The van der Waals surface area contributed by atoms with E-state index in [-0.39, 0.29) is 16.4 Å². The highest BCUT2D eigenvalue weighted by molar-refractivity contribution is 9.10. The van der Waals surface area contributed by atoms with E-state index in [0.29, 0.717) is 10.0 Å². The van der Waals surface area contributed by atoms with Crippen LogP contribution in [-0.2, 0) is 0 Å². The Balaban J connectivity index is 2.10. The van der Waals surface area contributed by atoms with Gasteiger partial charge in [-0.3, -0.25) is 10.1 Å². The van der Waals surface area contributed by atoms with Crippen molar-refractivity contribution in [1.82, 2.24) is 5.32 Å². The standard InChI is InChI=1S/C15H11BrN2O3S/c16-11-7-3-1-5-9(11)13(19)18-15(22)17-12-8-4-2-6-10(12)14(20)21/h1-8H,(H,20,21)(H2,17,18,19,22)/p-1. The molecule has 2 aromatic carbocycles. The summed E-state index contributed by atoms with van der Waals surface area (Å²) in [6.07, 6.45) is 0. The summed E-state index contributed by atoms with van der Waals surface area (Å²) < 4.78 is 0.630. The molecule has 0 aromatic heterocycles. The fourth-order valence-electron chi connectivity index (χ4n) is 1.74. The van der Waals surface area contributed by atoms with Crippen molar-refractivity contribution in [3.8, 4) is 0 Å². The predicted octanol–water partition coefficient (Wildman–Crippen LogP) is 1.94. The Morgan fingerprint density at radius 1 is 1.00 bits per heavy atom. The van der Waals surface area contributed by atoms with E-state index < -0.39 is 11.9 Å². The quantitative estimate of drug-likeness (QED) is 0.798. The molecule has 0 aliphatic heterocycles. The van der Waals surface area contributed by atoms with Crippen LogP contribution in [0.3, 0.4) is 0 Å². The van der Waals surface area contributed by atoms with Crippen molar-refractivity contribution in [2.45, 2.75) is 0 Å². The van der Waals surface area contributed by atoms with E-state index >= 15 is 0 Å². The minimum atomic E-state index is -1.33. The van der Waals surface area contributed by atoms with Crippen molar-refractivity contribution in [3.63, 3.8) is 0 Å². The highest BCUT2D eigenvalue weighted by Gasteiger charge is 2.12. The van der Waals surface area contributed by atoms with Gasteiger partial charge in [0, 0.05) is 15.7 Å². The lowest BCUT2D eigenvalue weighted by atomic mass is 10.2. The maximum Gasteiger partial charge on any atom is 0.258 e. The number of benzene rings is 2. The van der Waals surface area contributed by atoms with Gasteiger partial charge in [0.15, 0.2) is 5.11 Å². The number of anilines is 1. The van der Waals surface area contributed by atoms with Gasteiger partial charge in [-0.1, -0.05) is 30.3 Å². The first-order chi connectivity index (χ1) is 10.5. The topological polar surface area (TPSA) is 81.3 Å². The first kappa shape index (κ1) is 16.1. The molecule has 0 bridgehead atoms. The molecule has 0 saturated heterocycles. The highest BCUT2D eigenvalue weighted by atomic mass is 79.9. The van der Waals surface area contributed by atoms with Gasteiger partial charge in [0.2, 0.25) is 0 Å². The highest BCUT2D eigenvalue weighted by Crippen LogP contribution is 2.16. The average molecular weight is 378 g/mol. The number of thiocarbonyl (C=S) groups is 1. The molecule has 1 amide bonds. The number of carboxylic acid groups (broad SMARTS) is 1. The minimum Gasteiger partial charge on any atom is -0.545 e. The van der Waals surface area contributed by atoms with Gasteiger partial charge in [-0.05, 0) is 46.3 Å². The van der Waals surface area contributed by atoms with E-state index in [1.54, 1.807) is 36.4 Å². The molecule has 5 nitrogen and oxygen atoms in total. The van der Waals surface area contributed by atoms with Crippen LogP contribution in [0.15, 0.2) is 53.0 Å². The molecule has 0 spiro atoms. The molecular formula is C15H10BrN2O3S-. The molecule has 22 heavy (non-hydrogen) atoms. The molecule has 2 N–H and O–H groups in total. The van der Waals surface area contributed by atoms with Gasteiger partial charge in [-0.15, -0.1) is 0 Å². The summed E-state index contributed by atoms with van der Waals surface area (Å²) >= 11 is 8.30. The van der Waals surface area contributed by atoms with Crippen molar-refractivity contribution < 1.29 is 14.7 Å². The lowest BCUT2D eigenvalue weighted by Gasteiger charge is -2.14. The number of halogens is 1. The van der Waals surface area contributed by atoms with E-state index in [4.69, 9.17) is 12.2 Å². The van der Waals surface area contributed by atoms with Gasteiger partial charge < -0.3 is 15.2 Å². The Labute approximate surface area is 140 Å². The molecule has 0 atom stereocenters. The zero-order valence-corrected chi connectivity index (χ0v) is 13.5. The number of rotatable bonds is 3. The van der Waals surface area contributed by atoms with Crippen molar-refractivity contribution in [1.29, 1.82) is 0 Å². The van der Waals surface area contributed by atoms with Crippen molar-refractivity contribution in [3.05, 3.63) is 64.1 Å². The molecule has 0 unspecified atom stereocenters. The van der Waals surface area contributed by atoms with Crippen LogP contribution in [0.1, 0.15) is 20.7 Å². The number of carboxylic acids is 1. The molecule has 0 fully saturated rings. The zero-order valence-electron chi connectivity index (χ0n) is 11.1. The van der Waals surface area contributed by atoms with Crippen molar-refractivity contribution in [2.24, 2.45) is 0 Å². The molecule has 2 rings (SSSR count). The second-order valence-electron chi connectivity index (χ2n) is 4.22. The largest absolute Gasteiger partial charge is 0.545 e. The summed E-state index contributed by atoms with van der Waals surface area (Å²) in [5.41, 5.74) is 0.625. The average Bonchev–Trinajstić information content (AvgIpc) is 2.47. The van der Waals surface area contributed by atoms with Crippen LogP contribution in [0.5, 0.6) is 0 Å². The molecule has 0 radical (unpaired) electrons. The maximum absolute atomic E-state index is 12.1. The normalized spacial score (nSPS) is 9.86. The summed E-state index contributed by atoms with van der Waals surface area (Å²) in [7, 11) is 0. The fraction of sp³-hybridized carbons (Fsp3) is 0. The van der Waals surface area contributed by atoms with Gasteiger partial charge in [-0.2, -0.15) is 0 Å². The zero-order chi connectivity index (χ0) is 16.1. The lowest BCUT2D eigenvalue weighted by molar-refractivity contribution is -0.254.